The average molecular weight is 338 g/mol. The highest BCUT2D eigenvalue weighted by atomic mass is 79.9. The molecule has 0 saturated carbocycles. The van der Waals surface area contributed by atoms with E-state index in [1.807, 2.05) is 4.90 Å². The van der Waals surface area contributed by atoms with Crippen molar-refractivity contribution in [2.75, 3.05) is 13.1 Å². The first-order valence-corrected chi connectivity index (χ1v) is 8.46. The maximum absolute atomic E-state index is 12.3. The molecule has 2 rings (SSSR count). The number of piperidine rings is 1. The quantitative estimate of drug-likeness (QED) is 0.763. The van der Waals surface area contributed by atoms with Crippen molar-refractivity contribution in [1.29, 1.82) is 0 Å². The van der Waals surface area contributed by atoms with E-state index in [9.17, 15) is 4.79 Å². The minimum absolute atomic E-state index is 0.0341. The zero-order valence-corrected chi connectivity index (χ0v) is 14.0. The number of hydrogen-bond acceptors (Lipinski definition) is 1. The Morgan fingerprint density at radius 1 is 1.25 bits per heavy atom. The maximum Gasteiger partial charge on any atom is 0.236 e. The Balaban J connectivity index is 1.82. The topological polar surface area (TPSA) is 20.3 Å². The molecule has 1 unspecified atom stereocenters. The fraction of sp³-hybridized carbons (Fsp3) is 0.588. The van der Waals surface area contributed by atoms with Crippen LogP contribution in [0.15, 0.2) is 30.3 Å². The van der Waals surface area contributed by atoms with Crippen molar-refractivity contribution in [3.63, 3.8) is 0 Å². The monoisotopic (exact) mass is 337 g/mol. The molecule has 1 aromatic carbocycles. The van der Waals surface area contributed by atoms with Crippen molar-refractivity contribution >= 4 is 21.8 Å². The van der Waals surface area contributed by atoms with Gasteiger partial charge in [0.1, 0.15) is 0 Å². The zero-order chi connectivity index (χ0) is 14.5. The van der Waals surface area contributed by atoms with Gasteiger partial charge in [-0.1, -0.05) is 60.1 Å². The van der Waals surface area contributed by atoms with Crippen LogP contribution in [0.1, 0.15) is 32.3 Å². The third kappa shape index (κ3) is 4.08. The van der Waals surface area contributed by atoms with Gasteiger partial charge in [0.05, 0.1) is 4.83 Å². The van der Waals surface area contributed by atoms with E-state index in [1.165, 1.54) is 5.56 Å². The van der Waals surface area contributed by atoms with Crippen molar-refractivity contribution < 1.29 is 4.79 Å². The number of likely N-dealkylation sites (tertiary alicyclic amines) is 1. The molecule has 1 aliphatic rings. The summed E-state index contributed by atoms with van der Waals surface area (Å²) in [4.78, 5) is 14.3. The van der Waals surface area contributed by atoms with Crippen LogP contribution in [-0.4, -0.2) is 28.7 Å². The number of nitrogens with zero attached hydrogens (tertiary/aromatic N) is 1. The van der Waals surface area contributed by atoms with E-state index < -0.39 is 0 Å². The largest absolute Gasteiger partial charge is 0.342 e. The molecule has 20 heavy (non-hydrogen) atoms. The first-order valence-electron chi connectivity index (χ1n) is 7.54. The number of rotatable bonds is 4. The number of alkyl halides is 1. The van der Waals surface area contributed by atoms with E-state index in [4.69, 9.17) is 0 Å². The van der Waals surface area contributed by atoms with Crippen LogP contribution in [0, 0.1) is 11.8 Å². The molecule has 1 saturated heterocycles. The van der Waals surface area contributed by atoms with Crippen LogP contribution in [-0.2, 0) is 11.2 Å². The van der Waals surface area contributed by atoms with Gasteiger partial charge in [-0.2, -0.15) is 0 Å². The Bertz CT molecular complexity index is 424. The number of benzene rings is 1. The second-order valence-electron chi connectivity index (χ2n) is 6.10. The van der Waals surface area contributed by atoms with Crippen molar-refractivity contribution in [3.05, 3.63) is 35.9 Å². The highest BCUT2D eigenvalue weighted by Crippen LogP contribution is 2.24. The minimum atomic E-state index is -0.0341. The summed E-state index contributed by atoms with van der Waals surface area (Å²) in [6.45, 7) is 5.98. The summed E-state index contributed by atoms with van der Waals surface area (Å²) in [6.07, 6.45) is 3.39. The van der Waals surface area contributed by atoms with Crippen LogP contribution < -0.4 is 0 Å². The molecule has 0 N–H and O–H groups in total. The summed E-state index contributed by atoms with van der Waals surface area (Å²) in [5.41, 5.74) is 1.41. The summed E-state index contributed by atoms with van der Waals surface area (Å²) in [7, 11) is 0. The summed E-state index contributed by atoms with van der Waals surface area (Å²) >= 11 is 3.52. The van der Waals surface area contributed by atoms with E-state index in [2.05, 4.69) is 60.1 Å². The van der Waals surface area contributed by atoms with Gasteiger partial charge in [0.25, 0.3) is 0 Å². The van der Waals surface area contributed by atoms with Gasteiger partial charge in [-0.15, -0.1) is 0 Å². The lowest BCUT2D eigenvalue weighted by atomic mass is 9.90. The molecule has 0 spiro atoms. The molecule has 1 heterocycles. The lowest BCUT2D eigenvalue weighted by Crippen LogP contribution is -2.43. The van der Waals surface area contributed by atoms with Gasteiger partial charge in [0, 0.05) is 13.1 Å². The highest BCUT2D eigenvalue weighted by molar-refractivity contribution is 9.10. The maximum atomic E-state index is 12.3. The van der Waals surface area contributed by atoms with Gasteiger partial charge >= 0.3 is 0 Å². The first-order chi connectivity index (χ1) is 9.58. The standard InChI is InChI=1S/C17H24BrNO/c1-13(2)16(18)17(20)19-10-8-15(9-11-19)12-14-6-4-3-5-7-14/h3-7,13,15-16H,8-12H2,1-2H3. The van der Waals surface area contributed by atoms with Crippen LogP contribution in [0.4, 0.5) is 0 Å². The summed E-state index contributed by atoms with van der Waals surface area (Å²) in [6, 6.07) is 10.7. The van der Waals surface area contributed by atoms with Gasteiger partial charge in [0.2, 0.25) is 5.91 Å². The number of hydrogen-bond donors (Lipinski definition) is 0. The molecule has 0 aromatic heterocycles. The van der Waals surface area contributed by atoms with Gasteiger partial charge < -0.3 is 4.90 Å². The van der Waals surface area contributed by atoms with Crippen LogP contribution in [0.5, 0.6) is 0 Å². The minimum Gasteiger partial charge on any atom is -0.342 e. The molecule has 0 radical (unpaired) electrons. The van der Waals surface area contributed by atoms with Crippen LogP contribution in [0.3, 0.4) is 0 Å². The molecule has 1 atom stereocenters. The second-order valence-corrected chi connectivity index (χ2v) is 7.09. The Hall–Kier alpha value is -0.830. The average Bonchev–Trinajstić information content (AvgIpc) is 2.47. The fourth-order valence-corrected chi connectivity index (χ4v) is 3.05. The van der Waals surface area contributed by atoms with Crippen molar-refractivity contribution in [3.8, 4) is 0 Å². The van der Waals surface area contributed by atoms with Gasteiger partial charge in [0.15, 0.2) is 0 Å². The molecule has 0 bridgehead atoms. The molecular weight excluding hydrogens is 314 g/mol. The van der Waals surface area contributed by atoms with E-state index in [1.54, 1.807) is 0 Å². The lowest BCUT2D eigenvalue weighted by Gasteiger charge is -2.34. The van der Waals surface area contributed by atoms with Crippen LogP contribution in [0.2, 0.25) is 0 Å². The normalized spacial score (nSPS) is 18.3. The molecule has 1 aromatic rings. The van der Waals surface area contributed by atoms with Crippen LogP contribution in [0.25, 0.3) is 0 Å². The molecule has 1 aliphatic heterocycles. The predicted molar refractivity (Wildman–Crippen MR) is 87.0 cm³/mol. The van der Waals surface area contributed by atoms with Crippen LogP contribution >= 0.6 is 15.9 Å². The second kappa shape index (κ2) is 7.26. The van der Waals surface area contributed by atoms with Gasteiger partial charge in [-0.3, -0.25) is 4.79 Å². The van der Waals surface area contributed by atoms with E-state index in [0.29, 0.717) is 11.8 Å². The zero-order valence-electron chi connectivity index (χ0n) is 12.4. The third-order valence-corrected chi connectivity index (χ3v) is 5.56. The number of halogens is 1. The van der Waals surface area contributed by atoms with E-state index in [0.717, 1.165) is 32.4 Å². The third-order valence-electron chi connectivity index (χ3n) is 4.11. The Labute approximate surface area is 130 Å². The number of carbonyl (C=O) groups is 1. The van der Waals surface area contributed by atoms with E-state index in [-0.39, 0.29) is 10.7 Å². The Morgan fingerprint density at radius 2 is 1.85 bits per heavy atom. The smallest absolute Gasteiger partial charge is 0.236 e. The Kier molecular flexibility index (Phi) is 5.64. The van der Waals surface area contributed by atoms with Gasteiger partial charge in [-0.25, -0.2) is 0 Å². The van der Waals surface area contributed by atoms with Crippen molar-refractivity contribution in [2.24, 2.45) is 11.8 Å². The number of amides is 1. The molecule has 1 amide bonds. The molecule has 0 aliphatic carbocycles. The SMILES string of the molecule is CC(C)C(Br)C(=O)N1CCC(Cc2ccccc2)CC1. The van der Waals surface area contributed by atoms with Crippen molar-refractivity contribution in [1.82, 2.24) is 4.90 Å². The molecule has 3 heteroatoms. The van der Waals surface area contributed by atoms with Gasteiger partial charge in [-0.05, 0) is 36.7 Å². The summed E-state index contributed by atoms with van der Waals surface area (Å²) < 4.78 is 0. The fourth-order valence-electron chi connectivity index (χ4n) is 2.76. The molecule has 110 valence electrons. The Morgan fingerprint density at radius 3 is 2.40 bits per heavy atom. The number of carbonyl (C=O) groups excluding carboxylic acids is 1. The summed E-state index contributed by atoms with van der Waals surface area (Å²) in [5, 5.41) is 0. The molecule has 2 nitrogen and oxygen atoms in total. The summed E-state index contributed by atoms with van der Waals surface area (Å²) in [5.74, 6) is 1.33. The predicted octanol–water partition coefficient (Wildman–Crippen LogP) is 3.89. The van der Waals surface area contributed by atoms with E-state index >= 15 is 0 Å². The van der Waals surface area contributed by atoms with Crippen molar-refractivity contribution in [2.45, 2.75) is 37.9 Å². The first kappa shape index (κ1) is 15.6. The molecular formula is C17H24BrNO. The highest BCUT2D eigenvalue weighted by Gasteiger charge is 2.28. The lowest BCUT2D eigenvalue weighted by molar-refractivity contribution is -0.132. The molecule has 1 fully saturated rings.